The van der Waals surface area contributed by atoms with Gasteiger partial charge in [0.2, 0.25) is 5.91 Å². The van der Waals surface area contributed by atoms with Crippen molar-refractivity contribution in [3.63, 3.8) is 0 Å². The molecule has 1 fully saturated rings. The number of rotatable bonds is 1. The zero-order valence-electron chi connectivity index (χ0n) is 12.7. The number of carbonyl (C=O) groups is 2. The highest BCUT2D eigenvalue weighted by Crippen LogP contribution is 2.45. The molecule has 1 heterocycles. The number of hydrogen-bond acceptors (Lipinski definition) is 4. The summed E-state index contributed by atoms with van der Waals surface area (Å²) in [6.07, 6.45) is 0.234. The van der Waals surface area contributed by atoms with Gasteiger partial charge in [0.1, 0.15) is 0 Å². The van der Waals surface area contributed by atoms with Crippen LogP contribution in [0.3, 0.4) is 0 Å². The first-order chi connectivity index (χ1) is 10.4. The van der Waals surface area contributed by atoms with Crippen molar-refractivity contribution in [3.8, 4) is 6.07 Å². The van der Waals surface area contributed by atoms with Crippen LogP contribution in [-0.2, 0) is 4.79 Å². The van der Waals surface area contributed by atoms with Gasteiger partial charge in [-0.15, -0.1) is 0 Å². The molecule has 0 radical (unpaired) electrons. The quantitative estimate of drug-likeness (QED) is 0.857. The molecule has 1 amide bonds. The van der Waals surface area contributed by atoms with Crippen LogP contribution in [0.15, 0.2) is 18.2 Å². The van der Waals surface area contributed by atoms with Gasteiger partial charge in [-0.25, -0.2) is 0 Å². The molecule has 1 unspecified atom stereocenters. The van der Waals surface area contributed by atoms with E-state index in [0.29, 0.717) is 29.7 Å². The molecule has 1 saturated heterocycles. The third-order valence-corrected chi connectivity index (χ3v) is 4.81. The summed E-state index contributed by atoms with van der Waals surface area (Å²) in [6, 6.07) is 6.36. The smallest absolute Gasteiger partial charge is 0.223 e. The van der Waals surface area contributed by atoms with Crippen molar-refractivity contribution in [1.82, 2.24) is 4.90 Å². The average molecular weight is 298 g/mol. The third kappa shape index (κ3) is 1.95. The zero-order valence-corrected chi connectivity index (χ0v) is 12.7. The zero-order chi connectivity index (χ0) is 16.1. The topological polar surface area (TPSA) is 81.4 Å². The summed E-state index contributed by atoms with van der Waals surface area (Å²) in [5.74, 6) is -0.162. The molecule has 0 aromatic heterocycles. The lowest BCUT2D eigenvalue weighted by Crippen LogP contribution is -2.51. The van der Waals surface area contributed by atoms with E-state index in [-0.39, 0.29) is 11.7 Å². The Morgan fingerprint density at radius 2 is 2.09 bits per heavy atom. The Labute approximate surface area is 129 Å². The number of benzene rings is 1. The van der Waals surface area contributed by atoms with Gasteiger partial charge in [0.05, 0.1) is 29.2 Å². The highest BCUT2D eigenvalue weighted by atomic mass is 16.3. The minimum Gasteiger partial charge on any atom is -0.390 e. The predicted molar refractivity (Wildman–Crippen MR) is 79.0 cm³/mol. The monoisotopic (exact) mass is 298 g/mol. The average Bonchev–Trinajstić information content (AvgIpc) is 2.91. The Morgan fingerprint density at radius 3 is 2.68 bits per heavy atom. The Kier molecular flexibility index (Phi) is 3.30. The molecule has 1 aliphatic heterocycles. The number of likely N-dealkylation sites (tertiary alicyclic amines) is 1. The second kappa shape index (κ2) is 4.92. The van der Waals surface area contributed by atoms with E-state index in [4.69, 9.17) is 5.26 Å². The molecule has 22 heavy (non-hydrogen) atoms. The Balaban J connectivity index is 2.20. The molecule has 0 spiro atoms. The molecule has 1 aliphatic carbocycles. The van der Waals surface area contributed by atoms with E-state index >= 15 is 0 Å². The van der Waals surface area contributed by atoms with Crippen LogP contribution >= 0.6 is 0 Å². The van der Waals surface area contributed by atoms with E-state index in [0.717, 1.165) is 6.42 Å². The Hall–Kier alpha value is -2.19. The van der Waals surface area contributed by atoms with E-state index in [1.54, 1.807) is 36.9 Å². The highest BCUT2D eigenvalue weighted by Gasteiger charge is 2.50. The summed E-state index contributed by atoms with van der Waals surface area (Å²) in [5.41, 5.74) is 0.551. The van der Waals surface area contributed by atoms with Gasteiger partial charge in [0.15, 0.2) is 5.78 Å². The highest BCUT2D eigenvalue weighted by molar-refractivity contribution is 6.03. The fourth-order valence-corrected chi connectivity index (χ4v) is 3.43. The van der Waals surface area contributed by atoms with Gasteiger partial charge in [-0.3, -0.25) is 9.59 Å². The second-order valence-corrected chi connectivity index (χ2v) is 6.55. The van der Waals surface area contributed by atoms with Crippen LogP contribution in [0.4, 0.5) is 0 Å². The number of nitrogens with zero attached hydrogens (tertiary/aromatic N) is 2. The molecule has 1 N–H and O–H groups in total. The molecule has 3 rings (SSSR count). The number of aliphatic hydroxyl groups excluding tert-OH is 1. The van der Waals surface area contributed by atoms with Gasteiger partial charge in [-0.05, 0) is 44.0 Å². The van der Waals surface area contributed by atoms with Gasteiger partial charge in [-0.1, -0.05) is 0 Å². The Bertz CT molecular complexity index is 702. The maximum Gasteiger partial charge on any atom is 0.223 e. The van der Waals surface area contributed by atoms with E-state index in [1.807, 2.05) is 0 Å². The lowest BCUT2D eigenvalue weighted by atomic mass is 9.68. The molecule has 0 bridgehead atoms. The molecule has 5 nitrogen and oxygen atoms in total. The minimum atomic E-state index is -0.983. The Morgan fingerprint density at radius 1 is 1.36 bits per heavy atom. The van der Waals surface area contributed by atoms with Crippen LogP contribution in [0.5, 0.6) is 0 Å². The number of carbonyl (C=O) groups excluding carboxylic acids is 2. The molecule has 2 aliphatic rings. The van der Waals surface area contributed by atoms with Crippen LogP contribution in [0.25, 0.3) is 0 Å². The fraction of sp³-hybridized carbons (Fsp3) is 0.471. The van der Waals surface area contributed by atoms with Gasteiger partial charge in [0, 0.05) is 18.5 Å². The van der Waals surface area contributed by atoms with Crippen molar-refractivity contribution in [2.75, 3.05) is 6.54 Å². The lowest BCUT2D eigenvalue weighted by Gasteiger charge is -2.44. The maximum absolute atomic E-state index is 12.6. The predicted octanol–water partition coefficient (Wildman–Crippen LogP) is 1.81. The van der Waals surface area contributed by atoms with Crippen LogP contribution in [0.1, 0.15) is 54.2 Å². The van der Waals surface area contributed by atoms with Crippen molar-refractivity contribution in [2.24, 2.45) is 5.41 Å². The number of nitriles is 1. The summed E-state index contributed by atoms with van der Waals surface area (Å²) < 4.78 is 0. The minimum absolute atomic E-state index is 0.0116. The molecule has 1 aromatic carbocycles. The van der Waals surface area contributed by atoms with Crippen molar-refractivity contribution in [2.45, 2.75) is 38.8 Å². The van der Waals surface area contributed by atoms with E-state index < -0.39 is 17.6 Å². The van der Waals surface area contributed by atoms with Crippen molar-refractivity contribution >= 4 is 11.7 Å². The van der Waals surface area contributed by atoms with Gasteiger partial charge >= 0.3 is 0 Å². The number of Topliss-reactive ketones (excluding diaryl/α,β-unsaturated/α-hetero) is 1. The maximum atomic E-state index is 12.6. The standard InChI is InChI=1S/C17H18N2O3/c1-17(2)15(21)11-6-5-10(9-18)8-12(11)14(16(17)22)19-7-3-4-13(19)20/h5-6,8,14,16,22H,3-4,7H2,1-2H3/t14?,16-/m0/s1. The first-order valence-electron chi connectivity index (χ1n) is 7.44. The van der Waals surface area contributed by atoms with E-state index in [9.17, 15) is 14.7 Å². The number of hydrogen-bond donors (Lipinski definition) is 1. The molecule has 1 aromatic rings. The number of fused-ring (bicyclic) bond motifs is 1. The summed E-state index contributed by atoms with van der Waals surface area (Å²) in [6.45, 7) is 3.98. The van der Waals surface area contributed by atoms with Crippen LogP contribution in [-0.4, -0.2) is 34.3 Å². The van der Waals surface area contributed by atoms with Gasteiger partial charge in [0.25, 0.3) is 0 Å². The summed E-state index contributed by atoms with van der Waals surface area (Å²) in [7, 11) is 0. The number of amides is 1. The number of aliphatic hydroxyl groups is 1. The molecule has 2 atom stereocenters. The lowest BCUT2D eigenvalue weighted by molar-refractivity contribution is -0.134. The summed E-state index contributed by atoms with van der Waals surface area (Å²) in [5, 5.41) is 19.9. The SMILES string of the molecule is CC1(C)C(=O)c2ccc(C#N)cc2C(N2CCCC2=O)[C@@H]1O. The first kappa shape index (κ1) is 14.7. The van der Waals surface area contributed by atoms with Crippen molar-refractivity contribution in [3.05, 3.63) is 34.9 Å². The van der Waals surface area contributed by atoms with Crippen LogP contribution < -0.4 is 0 Å². The molecular formula is C17H18N2O3. The summed E-state index contributed by atoms with van der Waals surface area (Å²) in [4.78, 5) is 26.4. The third-order valence-electron chi connectivity index (χ3n) is 4.81. The molecular weight excluding hydrogens is 280 g/mol. The van der Waals surface area contributed by atoms with Crippen molar-refractivity contribution in [1.29, 1.82) is 5.26 Å². The normalized spacial score (nSPS) is 26.7. The fourth-order valence-electron chi connectivity index (χ4n) is 3.43. The van der Waals surface area contributed by atoms with Gasteiger partial charge < -0.3 is 10.0 Å². The summed E-state index contributed by atoms with van der Waals surface area (Å²) >= 11 is 0. The van der Waals surface area contributed by atoms with Gasteiger partial charge in [-0.2, -0.15) is 5.26 Å². The largest absolute Gasteiger partial charge is 0.390 e. The molecule has 114 valence electrons. The second-order valence-electron chi connectivity index (χ2n) is 6.55. The molecule has 0 saturated carbocycles. The van der Waals surface area contributed by atoms with Crippen LogP contribution in [0.2, 0.25) is 0 Å². The van der Waals surface area contributed by atoms with E-state index in [2.05, 4.69) is 6.07 Å². The van der Waals surface area contributed by atoms with Crippen LogP contribution in [0, 0.1) is 16.7 Å². The van der Waals surface area contributed by atoms with Crippen molar-refractivity contribution < 1.29 is 14.7 Å². The number of ketones is 1. The van der Waals surface area contributed by atoms with E-state index in [1.165, 1.54) is 0 Å². The molecule has 5 heteroatoms. The first-order valence-corrected chi connectivity index (χ1v) is 7.44.